The molecule has 5 rings (SSSR count). The first-order valence-corrected chi connectivity index (χ1v) is 10.6. The van der Waals surface area contributed by atoms with Crippen molar-refractivity contribution < 1.29 is 9.59 Å². The second-order valence-electron chi connectivity index (χ2n) is 7.59. The van der Waals surface area contributed by atoms with Gasteiger partial charge in [-0.1, -0.05) is 6.07 Å². The molecule has 2 aromatic carbocycles. The van der Waals surface area contributed by atoms with Gasteiger partial charge in [-0.3, -0.25) is 9.52 Å². The van der Waals surface area contributed by atoms with Gasteiger partial charge in [0.1, 0.15) is 0 Å². The van der Waals surface area contributed by atoms with E-state index in [1.54, 1.807) is 0 Å². The molecule has 3 amide bonds. The van der Waals surface area contributed by atoms with Gasteiger partial charge in [-0.05, 0) is 84.5 Å². The maximum Gasteiger partial charge on any atom is 0.330 e. The lowest BCUT2D eigenvalue weighted by molar-refractivity contribution is -0.115. The van der Waals surface area contributed by atoms with Gasteiger partial charge < -0.3 is 15.4 Å². The lowest BCUT2D eigenvalue weighted by atomic mass is 9.99. The Balaban J connectivity index is 1.22. The first-order chi connectivity index (χ1) is 13.7. The number of carbonyl (C=O) groups excluding carboxylic acids is 2. The summed E-state index contributed by atoms with van der Waals surface area (Å²) in [5.41, 5.74) is 9.18. The van der Waals surface area contributed by atoms with Crippen molar-refractivity contribution in [3.63, 3.8) is 0 Å². The zero-order chi connectivity index (χ0) is 19.1. The van der Waals surface area contributed by atoms with Crippen LogP contribution < -0.4 is 20.1 Å². The van der Waals surface area contributed by atoms with Crippen LogP contribution in [0.25, 0.3) is 0 Å². The molecule has 2 aromatic rings. The Kier molecular flexibility index (Phi) is 4.39. The number of urea groups is 1. The molecule has 28 heavy (non-hydrogen) atoms. The molecule has 144 valence electrons. The van der Waals surface area contributed by atoms with Crippen molar-refractivity contribution in [1.29, 1.82) is 0 Å². The van der Waals surface area contributed by atoms with Gasteiger partial charge in [-0.2, -0.15) is 0 Å². The topological polar surface area (TPSA) is 82.3 Å². The molecule has 6 nitrogen and oxygen atoms in total. The van der Waals surface area contributed by atoms with E-state index in [4.69, 9.17) is 0 Å². The molecule has 0 bridgehead atoms. The molecule has 4 N–H and O–H groups in total. The van der Waals surface area contributed by atoms with E-state index in [0.29, 0.717) is 6.42 Å². The van der Waals surface area contributed by atoms with Crippen molar-refractivity contribution in [3.05, 3.63) is 52.1 Å². The smallest absolute Gasteiger partial charge is 0.326 e. The molecule has 0 atom stereocenters. The minimum Gasteiger partial charge on any atom is -0.326 e. The molecule has 0 aromatic heterocycles. The van der Waals surface area contributed by atoms with Gasteiger partial charge in [-0.25, -0.2) is 4.79 Å². The molecule has 0 spiro atoms. The number of hydrogen-bond donors (Lipinski definition) is 4. The van der Waals surface area contributed by atoms with Gasteiger partial charge in [0, 0.05) is 17.1 Å². The van der Waals surface area contributed by atoms with Crippen LogP contribution in [0.4, 0.5) is 21.9 Å². The average Bonchev–Trinajstić information content (AvgIpc) is 3.39. The molecule has 0 saturated carbocycles. The van der Waals surface area contributed by atoms with E-state index in [1.165, 1.54) is 35.1 Å². The quantitative estimate of drug-likeness (QED) is 0.592. The van der Waals surface area contributed by atoms with Gasteiger partial charge in [0.15, 0.2) is 0 Å². The van der Waals surface area contributed by atoms with Gasteiger partial charge in [0.05, 0.1) is 18.6 Å². The number of carbonyl (C=O) groups is 2. The molecule has 7 heteroatoms. The Morgan fingerprint density at radius 3 is 2.46 bits per heavy atom. The van der Waals surface area contributed by atoms with Crippen LogP contribution in [-0.4, -0.2) is 11.9 Å². The van der Waals surface area contributed by atoms with Crippen molar-refractivity contribution in [3.8, 4) is 0 Å². The minimum absolute atomic E-state index is 0.0141. The summed E-state index contributed by atoms with van der Waals surface area (Å²) in [6, 6.07) is 7.83. The van der Waals surface area contributed by atoms with Gasteiger partial charge in [0.25, 0.3) is 0 Å². The number of nitrogens with one attached hydrogen (secondary N) is 4. The summed E-state index contributed by atoms with van der Waals surface area (Å²) in [5, 5.41) is 5.92. The van der Waals surface area contributed by atoms with Crippen molar-refractivity contribution in [2.24, 2.45) is 0 Å². The van der Waals surface area contributed by atoms with Crippen molar-refractivity contribution in [2.45, 2.75) is 44.9 Å². The van der Waals surface area contributed by atoms with Crippen molar-refractivity contribution >= 4 is 41.1 Å². The Morgan fingerprint density at radius 1 is 0.964 bits per heavy atom. The number of anilines is 3. The fourth-order valence-electron chi connectivity index (χ4n) is 4.53. The van der Waals surface area contributed by atoms with Crippen molar-refractivity contribution in [2.75, 3.05) is 15.4 Å². The van der Waals surface area contributed by atoms with E-state index in [1.807, 2.05) is 18.2 Å². The predicted molar refractivity (Wildman–Crippen MR) is 113 cm³/mol. The fourth-order valence-corrected chi connectivity index (χ4v) is 4.97. The number of fused-ring (bicyclic) bond motifs is 3. The number of rotatable bonds is 4. The van der Waals surface area contributed by atoms with Crippen LogP contribution in [0.2, 0.25) is 0 Å². The molecule has 1 aliphatic heterocycles. The number of amides is 3. The molecular formula is C21H22N4O2S. The van der Waals surface area contributed by atoms with Crippen LogP contribution in [0.5, 0.6) is 0 Å². The molecule has 1 heterocycles. The average molecular weight is 395 g/mol. The van der Waals surface area contributed by atoms with E-state index in [9.17, 15) is 9.59 Å². The van der Waals surface area contributed by atoms with E-state index in [2.05, 4.69) is 26.1 Å². The maximum absolute atomic E-state index is 12.5. The monoisotopic (exact) mass is 394 g/mol. The van der Waals surface area contributed by atoms with Gasteiger partial charge in [0.2, 0.25) is 5.91 Å². The predicted octanol–water partition coefficient (Wildman–Crippen LogP) is 3.96. The molecule has 0 fully saturated rings. The summed E-state index contributed by atoms with van der Waals surface area (Å²) >= 11 is 1.13. The third kappa shape index (κ3) is 3.20. The largest absolute Gasteiger partial charge is 0.330 e. The molecule has 0 saturated heterocycles. The summed E-state index contributed by atoms with van der Waals surface area (Å²) in [5.74, 6) is 0.0141. The van der Waals surface area contributed by atoms with Crippen LogP contribution in [0.15, 0.2) is 24.3 Å². The second-order valence-corrected chi connectivity index (χ2v) is 8.20. The first kappa shape index (κ1) is 17.4. The lowest BCUT2D eigenvalue weighted by Gasteiger charge is -2.16. The molecule has 2 aliphatic carbocycles. The maximum atomic E-state index is 12.5. The third-order valence-corrected chi connectivity index (χ3v) is 6.38. The fraction of sp³-hybridized carbons (Fsp3) is 0.333. The van der Waals surface area contributed by atoms with E-state index < -0.39 is 0 Å². The molecule has 0 radical (unpaired) electrons. The summed E-state index contributed by atoms with van der Waals surface area (Å²) in [6.45, 7) is 0. The highest BCUT2D eigenvalue weighted by Crippen LogP contribution is 2.38. The number of aryl methyl sites for hydroxylation is 2. The molecular weight excluding hydrogens is 372 g/mol. The highest BCUT2D eigenvalue weighted by Gasteiger charge is 2.25. The summed E-state index contributed by atoms with van der Waals surface area (Å²) in [6.07, 6.45) is 7.06. The van der Waals surface area contributed by atoms with Gasteiger partial charge >= 0.3 is 6.03 Å². The van der Waals surface area contributed by atoms with Crippen LogP contribution in [0.3, 0.4) is 0 Å². The Bertz CT molecular complexity index is 957. The highest BCUT2D eigenvalue weighted by atomic mass is 32.2. The number of benzene rings is 2. The zero-order valence-corrected chi connectivity index (χ0v) is 16.3. The zero-order valence-electron chi connectivity index (χ0n) is 15.5. The number of hydrogen-bond acceptors (Lipinski definition) is 4. The highest BCUT2D eigenvalue weighted by molar-refractivity contribution is 7.99. The van der Waals surface area contributed by atoms with Crippen molar-refractivity contribution in [1.82, 2.24) is 4.72 Å². The SMILES string of the molecule is O=C1Cc2cc(NSNC(=O)Nc3c4c(cc5c3CCC5)CCC4)ccc2N1. The second kappa shape index (κ2) is 7.05. The normalized spacial score (nSPS) is 16.2. The first-order valence-electron chi connectivity index (χ1n) is 9.75. The van der Waals surface area contributed by atoms with Crippen LogP contribution >= 0.6 is 12.1 Å². The van der Waals surface area contributed by atoms with Crippen LogP contribution in [0.1, 0.15) is 40.7 Å². The van der Waals surface area contributed by atoms with Crippen LogP contribution in [0, 0.1) is 0 Å². The van der Waals surface area contributed by atoms with Gasteiger partial charge in [-0.15, -0.1) is 0 Å². The summed E-state index contributed by atoms with van der Waals surface area (Å²) < 4.78 is 5.93. The summed E-state index contributed by atoms with van der Waals surface area (Å²) in [4.78, 5) is 23.9. The molecule has 3 aliphatic rings. The van der Waals surface area contributed by atoms with Crippen LogP contribution in [-0.2, 0) is 36.9 Å². The Labute approximate surface area is 168 Å². The van der Waals surface area contributed by atoms with E-state index in [0.717, 1.165) is 60.4 Å². The van der Waals surface area contributed by atoms with E-state index in [-0.39, 0.29) is 11.9 Å². The lowest BCUT2D eigenvalue weighted by Crippen LogP contribution is -2.25. The molecule has 0 unspecified atom stereocenters. The standard InChI is InChI=1S/C21H22N4O2S/c26-19-11-14-10-15(7-8-18(14)22-19)24-28-25-21(27)23-20-16-5-1-3-12(16)9-13-4-2-6-17(13)20/h7-10,24H,1-6,11H2,(H,22,26)(H2,23,25,27). The Morgan fingerprint density at radius 2 is 1.71 bits per heavy atom. The summed E-state index contributed by atoms with van der Waals surface area (Å²) in [7, 11) is 0. The minimum atomic E-state index is -0.218. The third-order valence-electron chi connectivity index (χ3n) is 5.75. The Hall–Kier alpha value is -2.67. The van der Waals surface area contributed by atoms with E-state index >= 15 is 0 Å².